The Labute approximate surface area is 129 Å². The number of rotatable bonds is 5. The van der Waals surface area contributed by atoms with E-state index < -0.39 is 15.0 Å². The van der Waals surface area contributed by atoms with Crippen molar-refractivity contribution >= 4 is 25.6 Å². The lowest BCUT2D eigenvalue weighted by atomic mass is 9.99. The molecule has 1 unspecified atom stereocenters. The van der Waals surface area contributed by atoms with E-state index in [9.17, 15) is 13.2 Å². The van der Waals surface area contributed by atoms with E-state index in [2.05, 4.69) is 5.32 Å². The summed E-state index contributed by atoms with van der Waals surface area (Å²) in [5, 5.41) is 2.96. The van der Waals surface area contributed by atoms with Crippen molar-refractivity contribution in [1.82, 2.24) is 5.32 Å². The highest BCUT2D eigenvalue weighted by Crippen LogP contribution is 2.36. The van der Waals surface area contributed by atoms with Gasteiger partial charge < -0.3 is 10.1 Å². The second-order valence-electron chi connectivity index (χ2n) is 5.02. The minimum Gasteiger partial charge on any atom is -0.492 e. The molecule has 0 spiro atoms. The summed E-state index contributed by atoms with van der Waals surface area (Å²) < 4.78 is 28.3. The predicted octanol–water partition coefficient (Wildman–Crippen LogP) is 2.39. The Morgan fingerprint density at radius 3 is 2.67 bits per heavy atom. The van der Waals surface area contributed by atoms with Crippen LogP contribution in [-0.2, 0) is 13.8 Å². The lowest BCUT2D eigenvalue weighted by Gasteiger charge is -2.17. The smallest absolute Gasteiger partial charge is 0.261 e. The Balaban J connectivity index is 2.26. The van der Waals surface area contributed by atoms with Gasteiger partial charge in [-0.2, -0.15) is 0 Å². The van der Waals surface area contributed by atoms with Crippen LogP contribution in [0.5, 0.6) is 5.75 Å². The highest BCUT2D eigenvalue weighted by atomic mass is 35.7. The lowest BCUT2D eigenvalue weighted by Crippen LogP contribution is -2.37. The minimum atomic E-state index is -3.82. The number of carbonyl (C=O) groups is 1. The van der Waals surface area contributed by atoms with Crippen LogP contribution in [0.25, 0.3) is 0 Å². The molecule has 116 valence electrons. The van der Waals surface area contributed by atoms with Gasteiger partial charge >= 0.3 is 0 Å². The molecule has 2 rings (SSSR count). The number of benzene rings is 1. The van der Waals surface area contributed by atoms with Crippen LogP contribution < -0.4 is 10.1 Å². The Kier molecular flexibility index (Phi) is 4.78. The quantitative estimate of drug-likeness (QED) is 0.841. The van der Waals surface area contributed by atoms with E-state index in [1.807, 2.05) is 13.8 Å². The molecule has 0 fully saturated rings. The molecule has 0 aliphatic carbocycles. The monoisotopic (exact) mass is 331 g/mol. The maximum absolute atomic E-state index is 12.3. The average molecular weight is 332 g/mol. The first-order valence-corrected chi connectivity index (χ1v) is 9.19. The van der Waals surface area contributed by atoms with Crippen molar-refractivity contribution < 1.29 is 17.9 Å². The molecule has 7 heteroatoms. The maximum atomic E-state index is 12.3. The molecular weight excluding hydrogens is 314 g/mol. The van der Waals surface area contributed by atoms with Gasteiger partial charge in [0, 0.05) is 22.3 Å². The Bertz CT molecular complexity index is 640. The molecule has 0 aromatic heterocycles. The number of amides is 1. The standard InChI is InChI=1S/C14H18ClNO4S/c1-3-9(4-2)16-14(17)12-8-20-13-6-5-10(7-11(12)13)21(15,18)19/h5-7,9,12H,3-4,8H2,1-2H3,(H,16,17). The van der Waals surface area contributed by atoms with Crippen molar-refractivity contribution in [2.24, 2.45) is 0 Å². The van der Waals surface area contributed by atoms with Crippen LogP contribution in [0, 0.1) is 0 Å². The van der Waals surface area contributed by atoms with Crippen molar-refractivity contribution in [3.63, 3.8) is 0 Å². The number of ether oxygens (including phenoxy) is 1. The van der Waals surface area contributed by atoms with E-state index in [-0.39, 0.29) is 23.5 Å². The van der Waals surface area contributed by atoms with E-state index in [0.717, 1.165) is 12.8 Å². The van der Waals surface area contributed by atoms with Gasteiger partial charge in [0.2, 0.25) is 5.91 Å². The van der Waals surface area contributed by atoms with Gasteiger partial charge in [0.05, 0.1) is 4.90 Å². The summed E-state index contributed by atoms with van der Waals surface area (Å²) in [5.41, 5.74) is 0.570. The fraction of sp³-hybridized carbons (Fsp3) is 0.500. The van der Waals surface area contributed by atoms with Crippen LogP contribution in [0.3, 0.4) is 0 Å². The average Bonchev–Trinajstić information content (AvgIpc) is 2.86. The zero-order chi connectivity index (χ0) is 15.6. The summed E-state index contributed by atoms with van der Waals surface area (Å²) in [6.45, 7) is 4.23. The third kappa shape index (κ3) is 3.49. The van der Waals surface area contributed by atoms with E-state index in [1.165, 1.54) is 18.2 Å². The predicted molar refractivity (Wildman–Crippen MR) is 80.2 cm³/mol. The van der Waals surface area contributed by atoms with Crippen LogP contribution in [-0.4, -0.2) is 27.0 Å². The van der Waals surface area contributed by atoms with Gasteiger partial charge in [-0.15, -0.1) is 0 Å². The van der Waals surface area contributed by atoms with Gasteiger partial charge in [0.15, 0.2) is 0 Å². The SMILES string of the molecule is CCC(CC)NC(=O)C1COc2ccc(S(=O)(=O)Cl)cc21. The van der Waals surface area contributed by atoms with Crippen LogP contribution >= 0.6 is 10.7 Å². The molecule has 1 aliphatic rings. The van der Waals surface area contributed by atoms with Crippen LogP contribution in [0.4, 0.5) is 0 Å². The molecule has 1 N–H and O–H groups in total. The van der Waals surface area contributed by atoms with Crippen molar-refractivity contribution in [3.05, 3.63) is 23.8 Å². The van der Waals surface area contributed by atoms with Gasteiger partial charge in [-0.3, -0.25) is 4.79 Å². The van der Waals surface area contributed by atoms with Gasteiger partial charge in [0.1, 0.15) is 18.3 Å². The number of carbonyl (C=O) groups excluding carboxylic acids is 1. The largest absolute Gasteiger partial charge is 0.492 e. The first-order chi connectivity index (χ1) is 9.86. The summed E-state index contributed by atoms with van der Waals surface area (Å²) in [6.07, 6.45) is 1.69. The normalized spacial score (nSPS) is 17.4. The molecular formula is C14H18ClNO4S. The molecule has 0 bridgehead atoms. The van der Waals surface area contributed by atoms with Gasteiger partial charge in [-0.1, -0.05) is 13.8 Å². The lowest BCUT2D eigenvalue weighted by molar-refractivity contribution is -0.123. The van der Waals surface area contributed by atoms with Crippen LogP contribution in [0.1, 0.15) is 38.2 Å². The third-order valence-corrected chi connectivity index (χ3v) is 5.04. The van der Waals surface area contributed by atoms with Crippen molar-refractivity contribution in [3.8, 4) is 5.75 Å². The zero-order valence-electron chi connectivity index (χ0n) is 11.9. The highest BCUT2D eigenvalue weighted by Gasteiger charge is 2.32. The molecule has 1 amide bonds. The van der Waals surface area contributed by atoms with Crippen molar-refractivity contribution in [1.29, 1.82) is 0 Å². The second kappa shape index (κ2) is 6.23. The molecule has 1 aromatic carbocycles. The summed E-state index contributed by atoms with van der Waals surface area (Å²) in [5.74, 6) is -0.116. The molecule has 21 heavy (non-hydrogen) atoms. The second-order valence-corrected chi connectivity index (χ2v) is 7.59. The molecule has 0 radical (unpaired) electrons. The molecule has 5 nitrogen and oxygen atoms in total. The molecule has 0 saturated carbocycles. The summed E-state index contributed by atoms with van der Waals surface area (Å²) in [6, 6.07) is 4.44. The maximum Gasteiger partial charge on any atom is 0.261 e. The number of halogens is 1. The van der Waals surface area contributed by atoms with E-state index in [1.54, 1.807) is 0 Å². The first kappa shape index (κ1) is 16.1. The number of hydrogen-bond acceptors (Lipinski definition) is 4. The zero-order valence-corrected chi connectivity index (χ0v) is 13.5. The number of hydrogen-bond donors (Lipinski definition) is 1. The highest BCUT2D eigenvalue weighted by molar-refractivity contribution is 8.13. The van der Waals surface area contributed by atoms with Crippen LogP contribution in [0.2, 0.25) is 0 Å². The first-order valence-electron chi connectivity index (χ1n) is 6.88. The third-order valence-electron chi connectivity index (χ3n) is 3.69. The van der Waals surface area contributed by atoms with E-state index in [4.69, 9.17) is 15.4 Å². The number of nitrogens with one attached hydrogen (secondary N) is 1. The molecule has 1 aromatic rings. The number of fused-ring (bicyclic) bond motifs is 1. The molecule has 0 saturated heterocycles. The minimum absolute atomic E-state index is 0.0197. The van der Waals surface area contributed by atoms with Crippen LogP contribution in [0.15, 0.2) is 23.1 Å². The van der Waals surface area contributed by atoms with Crippen molar-refractivity contribution in [2.45, 2.75) is 43.5 Å². The summed E-state index contributed by atoms with van der Waals surface area (Å²) in [4.78, 5) is 12.3. The molecule has 1 atom stereocenters. The van der Waals surface area contributed by atoms with Gasteiger partial charge in [0.25, 0.3) is 9.05 Å². The molecule has 1 heterocycles. The summed E-state index contributed by atoms with van der Waals surface area (Å²) in [7, 11) is 1.53. The molecule has 1 aliphatic heterocycles. The fourth-order valence-corrected chi connectivity index (χ4v) is 3.14. The Morgan fingerprint density at radius 1 is 1.43 bits per heavy atom. The van der Waals surface area contributed by atoms with E-state index in [0.29, 0.717) is 11.3 Å². The van der Waals surface area contributed by atoms with E-state index >= 15 is 0 Å². The summed E-state index contributed by atoms with van der Waals surface area (Å²) >= 11 is 0. The fourth-order valence-electron chi connectivity index (χ4n) is 2.36. The van der Waals surface area contributed by atoms with Gasteiger partial charge in [-0.25, -0.2) is 8.42 Å². The Hall–Kier alpha value is -1.27. The van der Waals surface area contributed by atoms with Crippen molar-refractivity contribution in [2.75, 3.05) is 6.61 Å². The van der Waals surface area contributed by atoms with Gasteiger partial charge in [-0.05, 0) is 31.0 Å². The Morgan fingerprint density at radius 2 is 2.10 bits per heavy atom. The topological polar surface area (TPSA) is 72.5 Å².